The van der Waals surface area contributed by atoms with Gasteiger partial charge < -0.3 is 16.3 Å². The van der Waals surface area contributed by atoms with E-state index in [1.54, 1.807) is 24.3 Å². The van der Waals surface area contributed by atoms with Gasteiger partial charge >= 0.3 is 0 Å². The number of nitrogens with zero attached hydrogens (tertiary/aromatic N) is 1. The first-order valence-electron chi connectivity index (χ1n) is 5.55. The number of nitrogens with two attached hydrogens (primary N) is 2. The second kappa shape index (κ2) is 6.01. The zero-order valence-electron chi connectivity index (χ0n) is 10.1. The highest BCUT2D eigenvalue weighted by atomic mass is 32.1. The Morgan fingerprint density at radius 3 is 2.53 bits per heavy atom. The van der Waals surface area contributed by atoms with Crippen molar-refractivity contribution in [2.24, 2.45) is 16.6 Å². The SMILES string of the molecule is NC(=O)c1ccc(CO/N=C(\N)c2cccs2)cc1. The number of carbonyl (C=O) groups excluding carboxylic acids is 1. The number of oxime groups is 1. The van der Waals surface area contributed by atoms with Gasteiger partial charge in [-0.1, -0.05) is 23.4 Å². The number of hydrogen-bond donors (Lipinski definition) is 2. The lowest BCUT2D eigenvalue weighted by molar-refractivity contribution is 0.1000. The van der Waals surface area contributed by atoms with Gasteiger partial charge in [0.05, 0.1) is 4.88 Å². The van der Waals surface area contributed by atoms with Crippen LogP contribution in [0.1, 0.15) is 20.8 Å². The van der Waals surface area contributed by atoms with E-state index in [0.717, 1.165) is 10.4 Å². The van der Waals surface area contributed by atoms with E-state index in [1.165, 1.54) is 11.3 Å². The molecule has 0 saturated heterocycles. The molecule has 0 atom stereocenters. The third-order valence-corrected chi connectivity index (χ3v) is 3.30. The van der Waals surface area contributed by atoms with Crippen molar-refractivity contribution in [1.82, 2.24) is 0 Å². The van der Waals surface area contributed by atoms with Crippen LogP contribution in [0.5, 0.6) is 0 Å². The molecule has 0 unspecified atom stereocenters. The number of amides is 1. The maximum absolute atomic E-state index is 10.9. The minimum absolute atomic E-state index is 0.283. The average molecular weight is 275 g/mol. The van der Waals surface area contributed by atoms with E-state index in [1.807, 2.05) is 17.5 Å². The lowest BCUT2D eigenvalue weighted by Crippen LogP contribution is -2.12. The fourth-order valence-electron chi connectivity index (χ4n) is 1.41. The summed E-state index contributed by atoms with van der Waals surface area (Å²) in [6.45, 7) is 0.283. The molecule has 0 aliphatic rings. The summed E-state index contributed by atoms with van der Waals surface area (Å²) in [5, 5.41) is 5.75. The van der Waals surface area contributed by atoms with Crippen molar-refractivity contribution < 1.29 is 9.63 Å². The number of hydrogen-bond acceptors (Lipinski definition) is 4. The Labute approximate surface area is 114 Å². The summed E-state index contributed by atoms with van der Waals surface area (Å²) in [7, 11) is 0. The number of benzene rings is 1. The molecule has 98 valence electrons. The van der Waals surface area contributed by atoms with E-state index in [-0.39, 0.29) is 6.61 Å². The van der Waals surface area contributed by atoms with Crippen LogP contribution in [0.25, 0.3) is 0 Å². The van der Waals surface area contributed by atoms with Crippen molar-refractivity contribution in [2.45, 2.75) is 6.61 Å². The van der Waals surface area contributed by atoms with Crippen LogP contribution in [0.15, 0.2) is 46.9 Å². The molecule has 19 heavy (non-hydrogen) atoms. The monoisotopic (exact) mass is 275 g/mol. The Balaban J connectivity index is 1.92. The van der Waals surface area contributed by atoms with Gasteiger partial charge in [0.25, 0.3) is 0 Å². The molecule has 0 spiro atoms. The first kappa shape index (κ1) is 13.1. The average Bonchev–Trinajstić information content (AvgIpc) is 2.93. The fraction of sp³-hybridized carbons (Fsp3) is 0.0769. The van der Waals surface area contributed by atoms with Gasteiger partial charge in [0.1, 0.15) is 6.61 Å². The molecule has 2 rings (SSSR count). The van der Waals surface area contributed by atoms with E-state index in [0.29, 0.717) is 11.4 Å². The molecule has 0 saturated carbocycles. The summed E-state index contributed by atoms with van der Waals surface area (Å²) in [6.07, 6.45) is 0. The molecular weight excluding hydrogens is 262 g/mol. The smallest absolute Gasteiger partial charge is 0.248 e. The predicted octanol–water partition coefficient (Wildman–Crippen LogP) is 1.68. The number of primary amides is 1. The van der Waals surface area contributed by atoms with Crippen molar-refractivity contribution in [3.63, 3.8) is 0 Å². The topological polar surface area (TPSA) is 90.7 Å². The van der Waals surface area contributed by atoms with Crippen LogP contribution < -0.4 is 11.5 Å². The molecule has 1 amide bonds. The molecule has 2 aromatic rings. The van der Waals surface area contributed by atoms with Crippen LogP contribution in [0.2, 0.25) is 0 Å². The number of thiophene rings is 1. The predicted molar refractivity (Wildman–Crippen MR) is 74.8 cm³/mol. The highest BCUT2D eigenvalue weighted by Gasteiger charge is 2.01. The maximum Gasteiger partial charge on any atom is 0.248 e. The Morgan fingerprint density at radius 1 is 1.21 bits per heavy atom. The van der Waals surface area contributed by atoms with Crippen molar-refractivity contribution in [2.75, 3.05) is 0 Å². The summed E-state index contributed by atoms with van der Waals surface area (Å²) >= 11 is 1.50. The fourth-order valence-corrected chi connectivity index (χ4v) is 2.03. The lowest BCUT2D eigenvalue weighted by atomic mass is 10.1. The Morgan fingerprint density at radius 2 is 1.95 bits per heavy atom. The van der Waals surface area contributed by atoms with Gasteiger partial charge in [0.2, 0.25) is 5.91 Å². The second-order valence-electron chi connectivity index (χ2n) is 3.79. The van der Waals surface area contributed by atoms with Gasteiger partial charge in [-0.3, -0.25) is 4.79 Å². The van der Waals surface area contributed by atoms with E-state index in [4.69, 9.17) is 16.3 Å². The van der Waals surface area contributed by atoms with Gasteiger partial charge in [-0.15, -0.1) is 11.3 Å². The zero-order valence-corrected chi connectivity index (χ0v) is 10.9. The third-order valence-electron chi connectivity index (χ3n) is 2.41. The summed E-state index contributed by atoms with van der Waals surface area (Å²) < 4.78 is 0. The minimum Gasteiger partial charge on any atom is -0.389 e. The minimum atomic E-state index is -0.451. The van der Waals surface area contributed by atoms with Crippen molar-refractivity contribution in [3.8, 4) is 0 Å². The van der Waals surface area contributed by atoms with Crippen molar-refractivity contribution in [1.29, 1.82) is 0 Å². The third kappa shape index (κ3) is 3.56. The largest absolute Gasteiger partial charge is 0.389 e. The molecule has 4 N–H and O–H groups in total. The Hall–Kier alpha value is -2.34. The van der Waals surface area contributed by atoms with Crippen LogP contribution >= 0.6 is 11.3 Å². The van der Waals surface area contributed by atoms with Gasteiger partial charge in [-0.05, 0) is 29.1 Å². The van der Waals surface area contributed by atoms with E-state index >= 15 is 0 Å². The molecule has 0 bridgehead atoms. The van der Waals surface area contributed by atoms with Crippen molar-refractivity contribution in [3.05, 3.63) is 57.8 Å². The molecule has 0 radical (unpaired) electrons. The molecule has 6 heteroatoms. The second-order valence-corrected chi connectivity index (χ2v) is 4.74. The van der Waals surface area contributed by atoms with E-state index in [9.17, 15) is 4.79 Å². The molecule has 1 aromatic carbocycles. The molecule has 0 aliphatic heterocycles. The van der Waals surface area contributed by atoms with Crippen molar-refractivity contribution >= 4 is 23.1 Å². The van der Waals surface area contributed by atoms with E-state index < -0.39 is 5.91 Å². The number of amidine groups is 1. The number of carbonyl (C=O) groups is 1. The van der Waals surface area contributed by atoms with Gasteiger partial charge in [0, 0.05) is 5.56 Å². The van der Waals surface area contributed by atoms with Crippen LogP contribution in [0, 0.1) is 0 Å². The van der Waals surface area contributed by atoms with Crippen LogP contribution in [-0.4, -0.2) is 11.7 Å². The van der Waals surface area contributed by atoms with Gasteiger partial charge in [-0.2, -0.15) is 0 Å². The molecular formula is C13H13N3O2S. The summed E-state index contributed by atoms with van der Waals surface area (Å²) in [4.78, 5) is 16.9. The van der Waals surface area contributed by atoms with Crippen LogP contribution in [0.4, 0.5) is 0 Å². The quantitative estimate of drug-likeness (QED) is 0.494. The molecule has 5 nitrogen and oxygen atoms in total. The Kier molecular flexibility index (Phi) is 4.15. The normalized spacial score (nSPS) is 11.3. The molecule has 1 aromatic heterocycles. The maximum atomic E-state index is 10.9. The van der Waals surface area contributed by atoms with Crippen LogP contribution in [0.3, 0.4) is 0 Å². The lowest BCUT2D eigenvalue weighted by Gasteiger charge is -2.02. The molecule has 0 aliphatic carbocycles. The molecule has 0 fully saturated rings. The first-order chi connectivity index (χ1) is 9.16. The number of rotatable bonds is 5. The highest BCUT2D eigenvalue weighted by Crippen LogP contribution is 2.09. The molecule has 1 heterocycles. The van der Waals surface area contributed by atoms with Crippen LogP contribution in [-0.2, 0) is 11.4 Å². The first-order valence-corrected chi connectivity index (χ1v) is 6.43. The summed E-state index contributed by atoms with van der Waals surface area (Å²) in [5.41, 5.74) is 12.2. The summed E-state index contributed by atoms with van der Waals surface area (Å²) in [6, 6.07) is 10.6. The highest BCUT2D eigenvalue weighted by molar-refractivity contribution is 7.12. The van der Waals surface area contributed by atoms with E-state index in [2.05, 4.69) is 5.16 Å². The zero-order chi connectivity index (χ0) is 13.7. The standard InChI is InChI=1S/C13H13N3O2S/c14-12(11-2-1-7-19-11)16-18-8-9-3-5-10(6-4-9)13(15)17/h1-7H,8H2,(H2,14,16)(H2,15,17). The van der Waals surface area contributed by atoms with Gasteiger partial charge in [-0.25, -0.2) is 0 Å². The van der Waals surface area contributed by atoms with Gasteiger partial charge in [0.15, 0.2) is 5.84 Å². The Bertz CT molecular complexity index is 576. The summed E-state index contributed by atoms with van der Waals surface area (Å²) in [5.74, 6) is -0.101.